The minimum atomic E-state index is -3.71. The average molecular weight is 380 g/mol. The molecule has 1 aromatic heterocycles. The number of aldehydes is 1. The van der Waals surface area contributed by atoms with Gasteiger partial charge in [0, 0.05) is 21.6 Å². The minimum Gasteiger partial charge on any atom is -0.298 e. The summed E-state index contributed by atoms with van der Waals surface area (Å²) in [6.45, 7) is 1.68. The lowest BCUT2D eigenvalue weighted by Crippen LogP contribution is -2.38. The summed E-state index contributed by atoms with van der Waals surface area (Å²) >= 11 is 3.34. The molecule has 1 aromatic carbocycles. The molecule has 0 amide bonds. The summed E-state index contributed by atoms with van der Waals surface area (Å²) in [5.74, 6) is 0. The van der Waals surface area contributed by atoms with Crippen molar-refractivity contribution in [2.45, 2.75) is 18.1 Å². The highest BCUT2D eigenvalue weighted by molar-refractivity contribution is 9.11. The van der Waals surface area contributed by atoms with E-state index in [0.29, 0.717) is 29.2 Å². The van der Waals surface area contributed by atoms with Gasteiger partial charge in [-0.25, -0.2) is 12.4 Å². The molecular formula is C16H14BrNO3S. The number of para-hydroxylation sites is 1. The van der Waals surface area contributed by atoms with Crippen LogP contribution in [0.1, 0.15) is 23.7 Å². The molecule has 1 aliphatic carbocycles. The van der Waals surface area contributed by atoms with Crippen LogP contribution in [0.3, 0.4) is 0 Å². The molecule has 1 atom stereocenters. The Hall–Kier alpha value is -1.66. The number of hydrogen-bond donors (Lipinski definition) is 0. The molecule has 4 nitrogen and oxygen atoms in total. The summed E-state index contributed by atoms with van der Waals surface area (Å²) < 4.78 is 27.2. The van der Waals surface area contributed by atoms with Crippen LogP contribution < -0.4 is 0 Å². The van der Waals surface area contributed by atoms with Crippen molar-refractivity contribution >= 4 is 43.1 Å². The predicted octanol–water partition coefficient (Wildman–Crippen LogP) is 3.63. The Bertz CT molecular complexity index is 924. The van der Waals surface area contributed by atoms with E-state index in [-0.39, 0.29) is 0 Å². The number of fused-ring (bicyclic) bond motifs is 1. The van der Waals surface area contributed by atoms with E-state index in [1.165, 1.54) is 10.2 Å². The molecule has 2 aromatic rings. The number of hydrogen-bond acceptors (Lipinski definition) is 3. The second-order valence-corrected chi connectivity index (χ2v) is 8.66. The lowest BCUT2D eigenvalue weighted by atomic mass is 10.0. The first-order valence-corrected chi connectivity index (χ1v) is 8.98. The van der Waals surface area contributed by atoms with Crippen molar-refractivity contribution in [2.75, 3.05) is 0 Å². The minimum absolute atomic E-state index is 0.372. The highest BCUT2D eigenvalue weighted by Gasteiger charge is 2.39. The van der Waals surface area contributed by atoms with Gasteiger partial charge in [-0.2, -0.15) is 0 Å². The monoisotopic (exact) mass is 379 g/mol. The summed E-state index contributed by atoms with van der Waals surface area (Å²) in [6.07, 6.45) is 7.82. The first-order chi connectivity index (χ1) is 10.4. The zero-order valence-corrected chi connectivity index (χ0v) is 14.3. The molecule has 3 rings (SSSR count). The molecular weight excluding hydrogens is 366 g/mol. The molecule has 0 saturated carbocycles. The van der Waals surface area contributed by atoms with Gasteiger partial charge >= 0.3 is 0 Å². The van der Waals surface area contributed by atoms with Crippen LogP contribution in [0, 0.1) is 0 Å². The number of benzene rings is 1. The van der Waals surface area contributed by atoms with E-state index >= 15 is 0 Å². The van der Waals surface area contributed by atoms with Crippen molar-refractivity contribution < 1.29 is 13.2 Å². The van der Waals surface area contributed by atoms with Crippen molar-refractivity contribution in [3.8, 4) is 0 Å². The fourth-order valence-electron chi connectivity index (χ4n) is 2.68. The van der Waals surface area contributed by atoms with Gasteiger partial charge in [0.05, 0.1) is 5.52 Å². The number of rotatable bonds is 3. The topological polar surface area (TPSA) is 56.1 Å². The van der Waals surface area contributed by atoms with Crippen LogP contribution in [0.15, 0.2) is 53.2 Å². The van der Waals surface area contributed by atoms with Crippen LogP contribution in [0.4, 0.5) is 0 Å². The molecule has 114 valence electrons. The van der Waals surface area contributed by atoms with Gasteiger partial charge in [0.2, 0.25) is 10.0 Å². The molecule has 0 saturated heterocycles. The lowest BCUT2D eigenvalue weighted by Gasteiger charge is -2.28. The second kappa shape index (κ2) is 5.21. The Kier molecular flexibility index (Phi) is 3.61. The van der Waals surface area contributed by atoms with Crippen LogP contribution >= 0.6 is 15.9 Å². The zero-order valence-electron chi connectivity index (χ0n) is 11.9. The van der Waals surface area contributed by atoms with Gasteiger partial charge in [0.1, 0.15) is 4.75 Å². The quantitative estimate of drug-likeness (QED) is 0.765. The van der Waals surface area contributed by atoms with Gasteiger partial charge < -0.3 is 0 Å². The van der Waals surface area contributed by atoms with Gasteiger partial charge in [-0.3, -0.25) is 4.79 Å². The van der Waals surface area contributed by atoms with Gasteiger partial charge in [-0.1, -0.05) is 46.3 Å². The molecule has 6 heteroatoms. The van der Waals surface area contributed by atoms with E-state index in [2.05, 4.69) is 15.9 Å². The molecule has 0 fully saturated rings. The summed E-state index contributed by atoms with van der Waals surface area (Å²) in [7, 11) is -3.71. The number of halogens is 1. The molecule has 0 bridgehead atoms. The Morgan fingerprint density at radius 2 is 2.05 bits per heavy atom. The fourth-order valence-corrected chi connectivity index (χ4v) is 5.22. The number of allylic oxidation sites excluding steroid dienone is 3. The van der Waals surface area contributed by atoms with Crippen molar-refractivity contribution in [1.29, 1.82) is 0 Å². The Labute approximate surface area is 137 Å². The van der Waals surface area contributed by atoms with E-state index in [1.807, 2.05) is 12.2 Å². The first-order valence-electron chi connectivity index (χ1n) is 6.74. The average Bonchev–Trinajstić information content (AvgIpc) is 2.86. The van der Waals surface area contributed by atoms with Crippen LogP contribution in [0.2, 0.25) is 0 Å². The van der Waals surface area contributed by atoms with Gasteiger partial charge in [-0.05, 0) is 25.5 Å². The maximum absolute atomic E-state index is 13.1. The van der Waals surface area contributed by atoms with E-state index in [4.69, 9.17) is 0 Å². The van der Waals surface area contributed by atoms with Crippen molar-refractivity contribution in [2.24, 2.45) is 0 Å². The van der Waals surface area contributed by atoms with Crippen molar-refractivity contribution in [3.05, 3.63) is 58.7 Å². The van der Waals surface area contributed by atoms with Crippen LogP contribution in [-0.4, -0.2) is 23.4 Å². The van der Waals surface area contributed by atoms with E-state index in [9.17, 15) is 13.2 Å². The summed E-state index contributed by atoms with van der Waals surface area (Å²) in [6, 6.07) is 7.01. The molecule has 1 aliphatic rings. The highest BCUT2D eigenvalue weighted by Crippen LogP contribution is 2.35. The largest absolute Gasteiger partial charge is 0.298 e. The van der Waals surface area contributed by atoms with Gasteiger partial charge in [-0.15, -0.1) is 0 Å². The molecule has 0 spiro atoms. The number of nitrogens with zero attached hydrogens (tertiary/aromatic N) is 1. The SMILES string of the molecule is CC1(S(=O)(=O)n2cc(C=O)c3ccccc32)C=C(Br)C=CC1. The third-order valence-corrected chi connectivity index (χ3v) is 6.70. The number of aromatic nitrogens is 1. The summed E-state index contributed by atoms with van der Waals surface area (Å²) in [4.78, 5) is 11.2. The van der Waals surface area contributed by atoms with Gasteiger partial charge in [0.15, 0.2) is 6.29 Å². The Balaban J connectivity index is 2.27. The molecule has 1 unspecified atom stereocenters. The maximum Gasteiger partial charge on any atom is 0.248 e. The third-order valence-electron chi connectivity index (χ3n) is 3.93. The Morgan fingerprint density at radius 3 is 2.73 bits per heavy atom. The lowest BCUT2D eigenvalue weighted by molar-refractivity contribution is 0.112. The van der Waals surface area contributed by atoms with E-state index in [1.54, 1.807) is 37.3 Å². The normalized spacial score (nSPS) is 21.8. The molecule has 0 aliphatic heterocycles. The number of carbonyl (C=O) groups is 1. The van der Waals surface area contributed by atoms with E-state index in [0.717, 1.165) is 4.48 Å². The van der Waals surface area contributed by atoms with Crippen LogP contribution in [-0.2, 0) is 10.0 Å². The maximum atomic E-state index is 13.1. The number of carbonyl (C=O) groups excluding carboxylic acids is 1. The van der Waals surface area contributed by atoms with Crippen LogP contribution in [0.5, 0.6) is 0 Å². The summed E-state index contributed by atoms with van der Waals surface area (Å²) in [5.41, 5.74) is 0.891. The smallest absolute Gasteiger partial charge is 0.248 e. The standard InChI is InChI=1S/C16H14BrNO3S/c1-16(8-4-5-13(17)9-16)22(20,21)18-10-12(11-19)14-6-2-3-7-15(14)18/h2-7,9-11H,8H2,1H3. The predicted molar refractivity (Wildman–Crippen MR) is 90.8 cm³/mol. The fraction of sp³-hybridized carbons (Fsp3) is 0.188. The van der Waals surface area contributed by atoms with Crippen molar-refractivity contribution in [1.82, 2.24) is 3.97 Å². The van der Waals surface area contributed by atoms with Crippen molar-refractivity contribution in [3.63, 3.8) is 0 Å². The third kappa shape index (κ3) is 2.18. The highest BCUT2D eigenvalue weighted by atomic mass is 79.9. The molecule has 1 heterocycles. The summed E-state index contributed by atoms with van der Waals surface area (Å²) in [5, 5.41) is 0.638. The molecule has 0 radical (unpaired) electrons. The molecule has 0 N–H and O–H groups in total. The van der Waals surface area contributed by atoms with E-state index < -0.39 is 14.8 Å². The Morgan fingerprint density at radius 1 is 1.32 bits per heavy atom. The van der Waals surface area contributed by atoms with Gasteiger partial charge in [0.25, 0.3) is 0 Å². The molecule has 22 heavy (non-hydrogen) atoms. The second-order valence-electron chi connectivity index (χ2n) is 5.47. The zero-order chi connectivity index (χ0) is 16.0. The van der Waals surface area contributed by atoms with Crippen LogP contribution in [0.25, 0.3) is 10.9 Å². The first kappa shape index (κ1) is 15.2.